The maximum Gasteiger partial charge on any atom is 0.224 e. The molecule has 0 aliphatic carbocycles. The number of aryl methyl sites for hydroxylation is 1. The Morgan fingerprint density at radius 2 is 2.10 bits per heavy atom. The van der Waals surface area contributed by atoms with Crippen LogP contribution >= 0.6 is 0 Å². The summed E-state index contributed by atoms with van der Waals surface area (Å²) in [4.78, 5) is 8.79. The summed E-state index contributed by atoms with van der Waals surface area (Å²) < 4.78 is 7.59. The van der Waals surface area contributed by atoms with Crippen molar-refractivity contribution in [3.05, 3.63) is 24.3 Å². The lowest BCUT2D eigenvalue weighted by atomic mass is 9.96. The number of hydrogen-bond acceptors (Lipinski definition) is 6. The number of rotatable bonds is 5. The fraction of sp³-hybridized carbons (Fsp3) is 0.500. The van der Waals surface area contributed by atoms with Gasteiger partial charge in [0.05, 0.1) is 12.4 Å². The number of nitrogens with one attached hydrogen (secondary N) is 1. The third kappa shape index (κ3) is 3.91. The monoisotopic (exact) mass is 290 g/mol. The first-order valence-corrected chi connectivity index (χ1v) is 6.99. The first-order valence-electron chi connectivity index (χ1n) is 6.99. The summed E-state index contributed by atoms with van der Waals surface area (Å²) in [5, 5.41) is 4.22. The molecule has 114 valence electrons. The lowest BCUT2D eigenvalue weighted by molar-refractivity contribution is 0.445. The van der Waals surface area contributed by atoms with Crippen LogP contribution in [0.25, 0.3) is 0 Å². The number of ether oxygens (including phenoxy) is 1. The summed E-state index contributed by atoms with van der Waals surface area (Å²) in [7, 11) is 0. The van der Waals surface area contributed by atoms with E-state index in [4.69, 9.17) is 10.6 Å². The van der Waals surface area contributed by atoms with Gasteiger partial charge in [-0.2, -0.15) is 10.1 Å². The molecule has 0 saturated carbocycles. The topological polar surface area (TPSA) is 90.9 Å². The van der Waals surface area contributed by atoms with E-state index >= 15 is 0 Å². The normalized spacial score (nSPS) is 11.5. The van der Waals surface area contributed by atoms with E-state index in [1.54, 1.807) is 12.3 Å². The summed E-state index contributed by atoms with van der Waals surface area (Å²) in [5.74, 6) is 7.72. The number of hydrogen-bond donors (Lipinski definition) is 2. The second-order valence-electron chi connectivity index (χ2n) is 5.85. The van der Waals surface area contributed by atoms with Crippen LogP contribution in [0.15, 0.2) is 18.5 Å². The Kier molecular flexibility index (Phi) is 4.42. The van der Waals surface area contributed by atoms with Crippen LogP contribution < -0.4 is 16.0 Å². The highest BCUT2D eigenvalue weighted by molar-refractivity contribution is 5.39. The number of nitrogen functional groups attached to an aromatic ring is 1. The van der Waals surface area contributed by atoms with Crippen LogP contribution in [0.1, 0.15) is 39.9 Å². The molecule has 0 aliphatic rings. The molecule has 2 aromatic rings. The lowest BCUT2D eigenvalue weighted by Gasteiger charge is -2.18. The van der Waals surface area contributed by atoms with Gasteiger partial charge in [-0.3, -0.25) is 4.68 Å². The summed E-state index contributed by atoms with van der Waals surface area (Å²) >= 11 is 0. The average Bonchev–Trinajstić information content (AvgIpc) is 2.85. The highest BCUT2D eigenvalue weighted by Gasteiger charge is 2.19. The molecule has 2 aromatic heterocycles. The number of nitrogens with zero attached hydrogens (tertiary/aromatic N) is 4. The smallest absolute Gasteiger partial charge is 0.224 e. The molecule has 0 aliphatic heterocycles. The van der Waals surface area contributed by atoms with Crippen LogP contribution in [-0.4, -0.2) is 19.7 Å². The van der Waals surface area contributed by atoms with Crippen molar-refractivity contribution in [3.8, 4) is 11.6 Å². The molecule has 0 saturated heterocycles. The lowest BCUT2D eigenvalue weighted by Crippen LogP contribution is -2.19. The minimum Gasteiger partial charge on any atom is -0.436 e. The highest BCUT2D eigenvalue weighted by Crippen LogP contribution is 2.25. The highest BCUT2D eigenvalue weighted by atomic mass is 16.5. The molecule has 2 rings (SSSR count). The molecule has 0 atom stereocenters. The maximum absolute atomic E-state index is 5.75. The number of hydrazine groups is 1. The zero-order valence-electron chi connectivity index (χ0n) is 12.9. The zero-order valence-corrected chi connectivity index (χ0v) is 12.9. The molecule has 0 bridgehead atoms. The van der Waals surface area contributed by atoms with Crippen LogP contribution in [0, 0.1) is 0 Å². The predicted octanol–water partition coefficient (Wildman–Crippen LogP) is 2.46. The van der Waals surface area contributed by atoms with Gasteiger partial charge in [0.1, 0.15) is 11.6 Å². The second-order valence-corrected chi connectivity index (χ2v) is 5.85. The number of anilines is 1. The molecular formula is C14H22N6O. The Labute approximate surface area is 124 Å². The molecular weight excluding hydrogens is 268 g/mol. The Bertz CT molecular complexity index is 602. The van der Waals surface area contributed by atoms with E-state index in [0.29, 0.717) is 23.3 Å². The maximum atomic E-state index is 5.75. The van der Waals surface area contributed by atoms with Crippen LogP contribution in [0.3, 0.4) is 0 Å². The van der Waals surface area contributed by atoms with Crippen molar-refractivity contribution in [1.29, 1.82) is 0 Å². The molecule has 0 spiro atoms. The van der Waals surface area contributed by atoms with Crippen LogP contribution in [-0.2, 0) is 12.0 Å². The SMILES string of the molecule is CCCn1cc(Oc2cc(NN)nc(C(C)(C)C)n2)cn1. The van der Waals surface area contributed by atoms with Gasteiger partial charge in [-0.15, -0.1) is 0 Å². The molecule has 0 amide bonds. The Morgan fingerprint density at radius 3 is 2.71 bits per heavy atom. The zero-order chi connectivity index (χ0) is 15.5. The van der Waals surface area contributed by atoms with Crippen molar-refractivity contribution < 1.29 is 4.74 Å². The van der Waals surface area contributed by atoms with E-state index in [1.165, 1.54) is 0 Å². The fourth-order valence-corrected chi connectivity index (χ4v) is 1.76. The van der Waals surface area contributed by atoms with Gasteiger partial charge in [0.25, 0.3) is 0 Å². The van der Waals surface area contributed by atoms with Crippen molar-refractivity contribution in [3.63, 3.8) is 0 Å². The van der Waals surface area contributed by atoms with Gasteiger partial charge in [-0.25, -0.2) is 10.8 Å². The van der Waals surface area contributed by atoms with E-state index in [2.05, 4.69) is 27.4 Å². The molecule has 0 aromatic carbocycles. The van der Waals surface area contributed by atoms with Crippen molar-refractivity contribution in [2.75, 3.05) is 5.43 Å². The van der Waals surface area contributed by atoms with Crippen LogP contribution in [0.2, 0.25) is 0 Å². The van der Waals surface area contributed by atoms with Gasteiger partial charge in [-0.1, -0.05) is 27.7 Å². The molecule has 7 heteroatoms. The van der Waals surface area contributed by atoms with Crippen molar-refractivity contribution in [1.82, 2.24) is 19.7 Å². The largest absolute Gasteiger partial charge is 0.436 e. The van der Waals surface area contributed by atoms with Gasteiger partial charge in [0.15, 0.2) is 5.75 Å². The predicted molar refractivity (Wildman–Crippen MR) is 81.1 cm³/mol. The number of nitrogens with two attached hydrogens (primary N) is 1. The van der Waals surface area contributed by atoms with E-state index in [9.17, 15) is 0 Å². The van der Waals surface area contributed by atoms with E-state index < -0.39 is 0 Å². The Hall–Kier alpha value is -2.15. The molecule has 0 unspecified atom stereocenters. The van der Waals surface area contributed by atoms with Crippen molar-refractivity contribution in [2.45, 2.75) is 46.1 Å². The van der Waals surface area contributed by atoms with Gasteiger partial charge in [0.2, 0.25) is 5.88 Å². The molecule has 0 radical (unpaired) electrons. The summed E-state index contributed by atoms with van der Waals surface area (Å²) in [6.45, 7) is 9.06. The number of aromatic nitrogens is 4. The average molecular weight is 290 g/mol. The van der Waals surface area contributed by atoms with Gasteiger partial charge in [-0.05, 0) is 6.42 Å². The van der Waals surface area contributed by atoms with Crippen molar-refractivity contribution in [2.24, 2.45) is 5.84 Å². The quantitative estimate of drug-likeness (QED) is 0.649. The summed E-state index contributed by atoms with van der Waals surface area (Å²) in [5.41, 5.74) is 2.34. The molecule has 0 fully saturated rings. The molecule has 3 N–H and O–H groups in total. The first kappa shape index (κ1) is 15.2. The third-order valence-corrected chi connectivity index (χ3v) is 2.81. The van der Waals surface area contributed by atoms with Gasteiger partial charge < -0.3 is 10.2 Å². The standard InChI is InChI=1S/C14H22N6O/c1-5-6-20-9-10(8-16-20)21-12-7-11(19-15)17-13(18-12)14(2,3)4/h7-9H,5-6,15H2,1-4H3,(H,17,18,19). The molecule has 7 nitrogen and oxygen atoms in total. The van der Waals surface area contributed by atoms with Gasteiger partial charge >= 0.3 is 0 Å². The molecule has 2 heterocycles. The second kappa shape index (κ2) is 6.09. The van der Waals surface area contributed by atoms with Crippen LogP contribution in [0.4, 0.5) is 5.82 Å². The van der Waals surface area contributed by atoms with E-state index in [0.717, 1.165) is 13.0 Å². The Balaban J connectivity index is 2.25. The van der Waals surface area contributed by atoms with E-state index in [-0.39, 0.29) is 5.41 Å². The van der Waals surface area contributed by atoms with Crippen molar-refractivity contribution >= 4 is 5.82 Å². The minimum absolute atomic E-state index is 0.197. The first-order chi connectivity index (χ1) is 9.92. The third-order valence-electron chi connectivity index (χ3n) is 2.81. The fourth-order valence-electron chi connectivity index (χ4n) is 1.76. The molecule has 21 heavy (non-hydrogen) atoms. The minimum atomic E-state index is -0.197. The Morgan fingerprint density at radius 1 is 1.33 bits per heavy atom. The van der Waals surface area contributed by atoms with Gasteiger partial charge in [0, 0.05) is 18.0 Å². The van der Waals surface area contributed by atoms with E-state index in [1.807, 2.05) is 31.6 Å². The van der Waals surface area contributed by atoms with Crippen LogP contribution in [0.5, 0.6) is 11.6 Å². The summed E-state index contributed by atoms with van der Waals surface area (Å²) in [6.07, 6.45) is 4.53. The summed E-state index contributed by atoms with van der Waals surface area (Å²) in [6, 6.07) is 1.66.